The molecule has 2 aliphatic heterocycles. The van der Waals surface area contributed by atoms with Gasteiger partial charge in [0.05, 0.1) is 17.6 Å². The van der Waals surface area contributed by atoms with Gasteiger partial charge in [0.15, 0.2) is 0 Å². The number of ether oxygens (including phenoxy) is 1. The molecular weight excluding hydrogens is 288 g/mol. The molecule has 0 aromatic heterocycles. The molecule has 0 radical (unpaired) electrons. The molecule has 0 aromatic carbocycles. The first-order valence-corrected chi connectivity index (χ1v) is 9.40. The fourth-order valence-corrected chi connectivity index (χ4v) is 6.61. The van der Waals surface area contributed by atoms with Crippen LogP contribution in [0.15, 0.2) is 12.2 Å². The normalized spacial score (nSPS) is 51.4. The molecule has 1 spiro atoms. The summed E-state index contributed by atoms with van der Waals surface area (Å²) in [6.45, 7) is 7.42. The molecule has 0 aromatic rings. The van der Waals surface area contributed by atoms with Gasteiger partial charge in [0.1, 0.15) is 0 Å². The van der Waals surface area contributed by atoms with Crippen LogP contribution in [0.2, 0.25) is 0 Å². The number of fused-ring (bicyclic) bond motifs is 3. The van der Waals surface area contributed by atoms with Crippen LogP contribution in [0.1, 0.15) is 59.3 Å². The molecular formula is C20H30O3. The summed E-state index contributed by atoms with van der Waals surface area (Å²) < 4.78 is 6.23. The van der Waals surface area contributed by atoms with E-state index < -0.39 is 11.4 Å². The second-order valence-electron chi connectivity index (χ2n) is 9.23. The molecule has 23 heavy (non-hydrogen) atoms. The van der Waals surface area contributed by atoms with E-state index in [1.54, 1.807) is 0 Å². The van der Waals surface area contributed by atoms with Gasteiger partial charge in [0.2, 0.25) is 0 Å². The summed E-state index contributed by atoms with van der Waals surface area (Å²) in [5.74, 6) is 0.924. The van der Waals surface area contributed by atoms with Gasteiger partial charge in [-0.3, -0.25) is 4.79 Å². The van der Waals surface area contributed by atoms with E-state index in [0.29, 0.717) is 23.7 Å². The number of aliphatic carboxylic acids is 1. The van der Waals surface area contributed by atoms with E-state index in [4.69, 9.17) is 4.74 Å². The third-order valence-corrected chi connectivity index (χ3v) is 7.96. The van der Waals surface area contributed by atoms with Crippen molar-refractivity contribution >= 4 is 5.97 Å². The molecule has 2 saturated carbocycles. The molecule has 5 rings (SSSR count). The highest BCUT2D eigenvalue weighted by Gasteiger charge is 2.65. The largest absolute Gasteiger partial charge is 0.481 e. The maximum Gasteiger partial charge on any atom is 0.310 e. The number of rotatable bonds is 2. The van der Waals surface area contributed by atoms with Gasteiger partial charge in [-0.2, -0.15) is 0 Å². The Morgan fingerprint density at radius 3 is 2.57 bits per heavy atom. The lowest BCUT2D eigenvalue weighted by atomic mass is 9.50. The zero-order valence-corrected chi connectivity index (χ0v) is 14.7. The van der Waals surface area contributed by atoms with Gasteiger partial charge >= 0.3 is 5.97 Å². The minimum Gasteiger partial charge on any atom is -0.481 e. The van der Waals surface area contributed by atoms with Crippen molar-refractivity contribution in [1.29, 1.82) is 0 Å². The molecule has 1 N–H and O–H groups in total. The molecule has 2 heterocycles. The second kappa shape index (κ2) is 4.84. The first kappa shape index (κ1) is 15.7. The summed E-state index contributed by atoms with van der Waals surface area (Å²) in [6, 6.07) is 0. The van der Waals surface area contributed by atoms with Crippen LogP contribution in [0.3, 0.4) is 0 Å². The van der Waals surface area contributed by atoms with Gasteiger partial charge in [0.25, 0.3) is 0 Å². The third-order valence-electron chi connectivity index (χ3n) is 7.96. The topological polar surface area (TPSA) is 46.5 Å². The Bertz CT molecular complexity index is 541. The minimum atomic E-state index is -0.534. The maximum absolute atomic E-state index is 12.4. The van der Waals surface area contributed by atoms with Crippen LogP contribution >= 0.6 is 0 Å². The standard InChI is InChI=1S/C20H30O3/c1-13(2)14-4-5-16-15-6-7-18(3)8-9-19(15,12-23-18)10-11-20(14,16)17(21)22/h6-7,13-16H,4-5,8-12H2,1-3H3,(H,21,22)/t14-,15+,16+,18-,19-,20+/m1/s1. The van der Waals surface area contributed by atoms with Gasteiger partial charge < -0.3 is 9.84 Å². The predicted molar refractivity (Wildman–Crippen MR) is 89.0 cm³/mol. The third kappa shape index (κ3) is 1.95. The van der Waals surface area contributed by atoms with Gasteiger partial charge in [-0.05, 0) is 69.1 Å². The van der Waals surface area contributed by atoms with Crippen LogP contribution in [0.5, 0.6) is 0 Å². The number of carboxylic acid groups (broad SMARTS) is 1. The highest BCUT2D eigenvalue weighted by atomic mass is 16.5. The average molecular weight is 318 g/mol. The maximum atomic E-state index is 12.4. The lowest BCUT2D eigenvalue weighted by Gasteiger charge is -2.55. The fraction of sp³-hybridized carbons (Fsp3) is 0.850. The number of carboxylic acids is 1. The van der Waals surface area contributed by atoms with Crippen LogP contribution in [0.4, 0.5) is 0 Å². The SMILES string of the molecule is CC(C)[C@H]1CC[C@H]2[C@@H]3C=C[C@]4(C)CC[C@@]3(CC[C@]12C(=O)O)CO4. The van der Waals surface area contributed by atoms with E-state index in [-0.39, 0.29) is 11.0 Å². The van der Waals surface area contributed by atoms with Crippen LogP contribution in [-0.4, -0.2) is 23.3 Å². The summed E-state index contributed by atoms with van der Waals surface area (Å²) >= 11 is 0. The van der Waals surface area contributed by atoms with Crippen LogP contribution in [-0.2, 0) is 9.53 Å². The predicted octanol–water partition coefficient (Wildman–Crippen LogP) is 4.27. The van der Waals surface area contributed by atoms with Gasteiger partial charge in [-0.25, -0.2) is 0 Å². The van der Waals surface area contributed by atoms with Crippen molar-refractivity contribution in [2.24, 2.45) is 34.5 Å². The molecule has 3 nitrogen and oxygen atoms in total. The molecule has 0 unspecified atom stereocenters. The lowest BCUT2D eigenvalue weighted by Crippen LogP contribution is -2.55. The highest BCUT2D eigenvalue weighted by Crippen LogP contribution is 2.67. The van der Waals surface area contributed by atoms with Gasteiger partial charge in [-0.15, -0.1) is 0 Å². The van der Waals surface area contributed by atoms with Crippen molar-refractivity contribution in [3.63, 3.8) is 0 Å². The molecule has 3 heteroatoms. The number of hydrogen-bond acceptors (Lipinski definition) is 2. The molecule has 128 valence electrons. The van der Waals surface area contributed by atoms with Gasteiger partial charge in [-0.1, -0.05) is 26.0 Å². The Balaban J connectivity index is 1.78. The minimum absolute atomic E-state index is 0.121. The zero-order chi connectivity index (χ0) is 16.5. The summed E-state index contributed by atoms with van der Waals surface area (Å²) in [7, 11) is 0. The zero-order valence-electron chi connectivity index (χ0n) is 14.7. The van der Waals surface area contributed by atoms with E-state index >= 15 is 0 Å². The van der Waals surface area contributed by atoms with E-state index in [0.717, 1.165) is 38.7 Å². The van der Waals surface area contributed by atoms with E-state index in [1.165, 1.54) is 6.42 Å². The highest BCUT2D eigenvalue weighted by molar-refractivity contribution is 5.76. The molecule has 3 fully saturated rings. The molecule has 3 aliphatic carbocycles. The fourth-order valence-electron chi connectivity index (χ4n) is 6.61. The van der Waals surface area contributed by atoms with Crippen LogP contribution in [0, 0.1) is 34.5 Å². The Morgan fingerprint density at radius 1 is 1.22 bits per heavy atom. The molecule has 5 aliphatic rings. The van der Waals surface area contributed by atoms with Crippen molar-refractivity contribution in [1.82, 2.24) is 0 Å². The second-order valence-corrected chi connectivity index (χ2v) is 9.23. The van der Waals surface area contributed by atoms with Crippen molar-refractivity contribution in [2.45, 2.75) is 64.9 Å². The Kier molecular flexibility index (Phi) is 3.30. The first-order chi connectivity index (χ1) is 10.8. The number of carbonyl (C=O) groups is 1. The van der Waals surface area contributed by atoms with Gasteiger partial charge in [0, 0.05) is 5.41 Å². The van der Waals surface area contributed by atoms with Crippen LogP contribution < -0.4 is 0 Å². The van der Waals surface area contributed by atoms with Crippen molar-refractivity contribution in [3.8, 4) is 0 Å². The average Bonchev–Trinajstić information content (AvgIpc) is 2.76. The first-order valence-electron chi connectivity index (χ1n) is 9.40. The number of hydrogen-bond donors (Lipinski definition) is 1. The quantitative estimate of drug-likeness (QED) is 0.773. The van der Waals surface area contributed by atoms with Crippen molar-refractivity contribution < 1.29 is 14.6 Å². The Hall–Kier alpha value is -0.830. The lowest BCUT2D eigenvalue weighted by molar-refractivity contribution is -0.176. The Morgan fingerprint density at radius 2 is 1.96 bits per heavy atom. The van der Waals surface area contributed by atoms with Crippen molar-refractivity contribution in [3.05, 3.63) is 12.2 Å². The smallest absolute Gasteiger partial charge is 0.310 e. The van der Waals surface area contributed by atoms with E-state index in [2.05, 4.69) is 32.9 Å². The molecule has 0 amide bonds. The monoisotopic (exact) mass is 318 g/mol. The Labute approximate surface area is 139 Å². The van der Waals surface area contributed by atoms with E-state index in [1.807, 2.05) is 0 Å². The van der Waals surface area contributed by atoms with Crippen molar-refractivity contribution in [2.75, 3.05) is 6.61 Å². The molecule has 1 saturated heterocycles. The summed E-state index contributed by atoms with van der Waals surface area (Å²) in [5.41, 5.74) is -0.426. The summed E-state index contributed by atoms with van der Waals surface area (Å²) in [5, 5.41) is 10.2. The molecule has 6 atom stereocenters. The summed E-state index contributed by atoms with van der Waals surface area (Å²) in [6.07, 6.45) is 10.9. The molecule has 2 bridgehead atoms. The number of allylic oxidation sites excluding steroid dienone is 1. The summed E-state index contributed by atoms with van der Waals surface area (Å²) in [4.78, 5) is 12.4. The van der Waals surface area contributed by atoms with Crippen LogP contribution in [0.25, 0.3) is 0 Å². The van der Waals surface area contributed by atoms with E-state index in [9.17, 15) is 9.90 Å².